The minimum Gasteiger partial charge on any atom is -0.396 e. The van der Waals surface area contributed by atoms with Gasteiger partial charge < -0.3 is 15.7 Å². The van der Waals surface area contributed by atoms with E-state index in [1.165, 1.54) is 11.3 Å². The quantitative estimate of drug-likeness (QED) is 0.714. The van der Waals surface area contributed by atoms with Crippen molar-refractivity contribution in [3.8, 4) is 0 Å². The van der Waals surface area contributed by atoms with Crippen molar-refractivity contribution in [2.45, 2.75) is 32.2 Å². The minimum absolute atomic E-state index is 0.0962. The lowest BCUT2D eigenvalue weighted by molar-refractivity contribution is 0.283. The molecule has 3 nitrogen and oxygen atoms in total. The molecule has 3 N–H and O–H groups in total. The van der Waals surface area contributed by atoms with Gasteiger partial charge in [0, 0.05) is 31.9 Å². The molecule has 0 saturated carbocycles. The zero-order valence-corrected chi connectivity index (χ0v) is 10.9. The van der Waals surface area contributed by atoms with Gasteiger partial charge in [0.1, 0.15) is 0 Å². The van der Waals surface area contributed by atoms with Gasteiger partial charge in [-0.05, 0) is 43.9 Å². The molecule has 0 spiro atoms. The van der Waals surface area contributed by atoms with Crippen molar-refractivity contribution in [2.75, 3.05) is 25.1 Å². The Hall–Kier alpha value is -1.06. The van der Waals surface area contributed by atoms with Crippen LogP contribution in [0.4, 0.5) is 5.69 Å². The third kappa shape index (κ3) is 4.75. The molecule has 1 atom stereocenters. The van der Waals surface area contributed by atoms with E-state index in [0.717, 1.165) is 25.8 Å². The molecule has 0 saturated heterocycles. The highest BCUT2D eigenvalue weighted by Crippen LogP contribution is 2.17. The SMILES string of the molecule is C[C@H](N)c1ccc(N(C)CCCCCO)cc1. The lowest BCUT2D eigenvalue weighted by Crippen LogP contribution is -2.18. The van der Waals surface area contributed by atoms with Gasteiger partial charge in [0.15, 0.2) is 0 Å². The van der Waals surface area contributed by atoms with E-state index in [4.69, 9.17) is 10.8 Å². The molecule has 0 fully saturated rings. The second kappa shape index (κ2) is 7.30. The number of aliphatic hydroxyl groups is 1. The average molecular weight is 236 g/mol. The van der Waals surface area contributed by atoms with E-state index in [1.807, 2.05) is 6.92 Å². The van der Waals surface area contributed by atoms with Gasteiger partial charge in [-0.1, -0.05) is 12.1 Å². The van der Waals surface area contributed by atoms with Crippen LogP contribution in [0.5, 0.6) is 0 Å². The Morgan fingerprint density at radius 1 is 1.18 bits per heavy atom. The molecule has 0 aliphatic rings. The molecule has 0 unspecified atom stereocenters. The molecule has 3 heteroatoms. The fraction of sp³-hybridized carbons (Fsp3) is 0.571. The molecule has 1 rings (SSSR count). The summed E-state index contributed by atoms with van der Waals surface area (Å²) in [7, 11) is 2.10. The molecule has 17 heavy (non-hydrogen) atoms. The van der Waals surface area contributed by atoms with E-state index in [2.05, 4.69) is 36.2 Å². The molecule has 1 aromatic rings. The summed E-state index contributed by atoms with van der Waals surface area (Å²) in [5.41, 5.74) is 8.21. The van der Waals surface area contributed by atoms with Gasteiger partial charge in [-0.2, -0.15) is 0 Å². The average Bonchev–Trinajstić information content (AvgIpc) is 2.34. The first-order chi connectivity index (χ1) is 8.15. The third-order valence-corrected chi connectivity index (χ3v) is 3.01. The predicted octanol–water partition coefficient (Wildman–Crippen LogP) is 2.31. The Morgan fingerprint density at radius 2 is 1.82 bits per heavy atom. The summed E-state index contributed by atoms with van der Waals surface area (Å²) < 4.78 is 0. The zero-order chi connectivity index (χ0) is 12.7. The molecule has 0 bridgehead atoms. The van der Waals surface area contributed by atoms with Crippen molar-refractivity contribution in [2.24, 2.45) is 5.73 Å². The van der Waals surface area contributed by atoms with Crippen LogP contribution in [-0.4, -0.2) is 25.3 Å². The molecule has 0 aromatic heterocycles. The number of rotatable bonds is 7. The molecular formula is C14H24N2O. The Kier molecular flexibility index (Phi) is 6.01. The van der Waals surface area contributed by atoms with Gasteiger partial charge in [0.25, 0.3) is 0 Å². The van der Waals surface area contributed by atoms with Crippen LogP contribution in [0.1, 0.15) is 37.8 Å². The minimum atomic E-state index is 0.0962. The summed E-state index contributed by atoms with van der Waals surface area (Å²) in [5, 5.41) is 8.71. The maximum atomic E-state index is 8.71. The normalized spacial score (nSPS) is 12.5. The summed E-state index contributed by atoms with van der Waals surface area (Å²) in [4.78, 5) is 2.24. The van der Waals surface area contributed by atoms with Crippen LogP contribution in [0.3, 0.4) is 0 Å². The van der Waals surface area contributed by atoms with Crippen molar-refractivity contribution >= 4 is 5.69 Å². The van der Waals surface area contributed by atoms with Crippen molar-refractivity contribution in [1.29, 1.82) is 0 Å². The first-order valence-electron chi connectivity index (χ1n) is 6.32. The number of aliphatic hydroxyl groups excluding tert-OH is 1. The maximum Gasteiger partial charge on any atom is 0.0431 e. The van der Waals surface area contributed by atoms with Crippen LogP contribution in [0.15, 0.2) is 24.3 Å². The third-order valence-electron chi connectivity index (χ3n) is 3.01. The summed E-state index contributed by atoms with van der Waals surface area (Å²) in [6, 6.07) is 8.50. The first-order valence-corrected chi connectivity index (χ1v) is 6.32. The standard InChI is InChI=1S/C14H24N2O/c1-12(15)13-6-8-14(9-7-13)16(2)10-4-3-5-11-17/h6-9,12,17H,3-5,10-11,15H2,1-2H3/t12-/m0/s1. The number of anilines is 1. The van der Waals surface area contributed by atoms with E-state index in [1.54, 1.807) is 0 Å². The molecular weight excluding hydrogens is 212 g/mol. The van der Waals surface area contributed by atoms with Crippen LogP contribution in [0.25, 0.3) is 0 Å². The first kappa shape index (κ1) is 14.0. The molecule has 0 aliphatic heterocycles. The van der Waals surface area contributed by atoms with E-state index < -0.39 is 0 Å². The van der Waals surface area contributed by atoms with Crippen molar-refractivity contribution < 1.29 is 5.11 Å². The summed E-state index contributed by atoms with van der Waals surface area (Å²) in [5.74, 6) is 0. The number of hydrogen-bond acceptors (Lipinski definition) is 3. The lowest BCUT2D eigenvalue weighted by Gasteiger charge is -2.19. The second-order valence-electron chi connectivity index (χ2n) is 4.59. The van der Waals surface area contributed by atoms with Crippen LogP contribution in [-0.2, 0) is 0 Å². The van der Waals surface area contributed by atoms with E-state index in [9.17, 15) is 0 Å². The molecule has 0 radical (unpaired) electrons. The Morgan fingerprint density at radius 3 is 2.35 bits per heavy atom. The Balaban J connectivity index is 2.43. The molecule has 1 aromatic carbocycles. The summed E-state index contributed by atoms with van der Waals surface area (Å²) in [6.45, 7) is 3.32. The smallest absolute Gasteiger partial charge is 0.0431 e. The van der Waals surface area contributed by atoms with Crippen LogP contribution >= 0.6 is 0 Å². The molecule has 0 heterocycles. The number of hydrogen-bond donors (Lipinski definition) is 2. The van der Waals surface area contributed by atoms with Crippen LogP contribution in [0, 0.1) is 0 Å². The lowest BCUT2D eigenvalue weighted by atomic mass is 10.1. The maximum absolute atomic E-state index is 8.71. The molecule has 0 amide bonds. The topological polar surface area (TPSA) is 49.5 Å². The van der Waals surface area contributed by atoms with E-state index in [-0.39, 0.29) is 6.04 Å². The van der Waals surface area contributed by atoms with Gasteiger partial charge in [0.05, 0.1) is 0 Å². The Labute approximate surface area is 104 Å². The van der Waals surface area contributed by atoms with Gasteiger partial charge in [-0.15, -0.1) is 0 Å². The van der Waals surface area contributed by atoms with Crippen LogP contribution < -0.4 is 10.6 Å². The molecule has 0 aliphatic carbocycles. The summed E-state index contributed by atoms with van der Waals surface area (Å²) in [6.07, 6.45) is 3.10. The van der Waals surface area contributed by atoms with E-state index in [0.29, 0.717) is 6.61 Å². The number of unbranched alkanes of at least 4 members (excludes halogenated alkanes) is 2. The summed E-state index contributed by atoms with van der Waals surface area (Å²) >= 11 is 0. The fourth-order valence-corrected chi connectivity index (χ4v) is 1.80. The number of benzene rings is 1. The zero-order valence-electron chi connectivity index (χ0n) is 10.9. The highest BCUT2D eigenvalue weighted by molar-refractivity contribution is 5.47. The van der Waals surface area contributed by atoms with E-state index >= 15 is 0 Å². The van der Waals surface area contributed by atoms with Gasteiger partial charge in [-0.25, -0.2) is 0 Å². The van der Waals surface area contributed by atoms with Gasteiger partial charge >= 0.3 is 0 Å². The number of nitrogens with zero attached hydrogens (tertiary/aromatic N) is 1. The van der Waals surface area contributed by atoms with Crippen molar-refractivity contribution in [1.82, 2.24) is 0 Å². The highest BCUT2D eigenvalue weighted by atomic mass is 16.2. The number of nitrogens with two attached hydrogens (primary N) is 1. The largest absolute Gasteiger partial charge is 0.396 e. The predicted molar refractivity (Wildman–Crippen MR) is 73.3 cm³/mol. The highest BCUT2D eigenvalue weighted by Gasteiger charge is 2.02. The monoisotopic (exact) mass is 236 g/mol. The second-order valence-corrected chi connectivity index (χ2v) is 4.59. The van der Waals surface area contributed by atoms with Crippen molar-refractivity contribution in [3.05, 3.63) is 29.8 Å². The fourth-order valence-electron chi connectivity index (χ4n) is 1.80. The molecule has 96 valence electrons. The Bertz CT molecular complexity index is 309. The van der Waals surface area contributed by atoms with Crippen molar-refractivity contribution in [3.63, 3.8) is 0 Å². The van der Waals surface area contributed by atoms with Gasteiger partial charge in [-0.3, -0.25) is 0 Å². The van der Waals surface area contributed by atoms with Gasteiger partial charge in [0.2, 0.25) is 0 Å². The van der Waals surface area contributed by atoms with Crippen LogP contribution in [0.2, 0.25) is 0 Å².